The molecule has 0 saturated heterocycles. The number of pyridine rings is 1. The highest BCUT2D eigenvalue weighted by Crippen LogP contribution is 2.38. The van der Waals surface area contributed by atoms with Gasteiger partial charge in [-0.25, -0.2) is 15.0 Å². The molecule has 13 rings (SSSR count). The third-order valence-corrected chi connectivity index (χ3v) is 12.5. The number of nitrogens with zero attached hydrogens (tertiary/aromatic N) is 5. The normalized spacial score (nSPS) is 11.8. The first-order valence-electron chi connectivity index (χ1n) is 21.4. The van der Waals surface area contributed by atoms with Crippen LogP contribution in [0.5, 0.6) is 0 Å². The molecule has 4 aromatic heterocycles. The number of aromatic nitrogens is 5. The molecule has 6 heteroatoms. The predicted molar refractivity (Wildman–Crippen MR) is 261 cm³/mol. The maximum Gasteiger partial charge on any atom is 0.164 e. The first kappa shape index (κ1) is 36.0. The van der Waals surface area contributed by atoms with Crippen molar-refractivity contribution in [3.05, 3.63) is 213 Å². The van der Waals surface area contributed by atoms with E-state index in [0.717, 1.165) is 71.6 Å². The van der Waals surface area contributed by atoms with Gasteiger partial charge in [0, 0.05) is 56.3 Å². The first-order valence-corrected chi connectivity index (χ1v) is 21.4. The molecule has 0 saturated carbocycles. The Labute approximate surface area is 367 Å². The summed E-state index contributed by atoms with van der Waals surface area (Å²) in [6.45, 7) is 0. The Bertz CT molecular complexity index is 3960. The van der Waals surface area contributed by atoms with E-state index in [2.05, 4.69) is 192 Å². The van der Waals surface area contributed by atoms with Gasteiger partial charge in [0.15, 0.2) is 17.5 Å². The lowest BCUT2D eigenvalue weighted by atomic mass is 9.96. The minimum atomic E-state index is 0.578. The smallest absolute Gasteiger partial charge is 0.164 e. The van der Waals surface area contributed by atoms with E-state index in [1.807, 2.05) is 24.4 Å². The Balaban J connectivity index is 0.943. The maximum atomic E-state index is 6.17. The molecule has 0 atom stereocenters. The zero-order valence-electron chi connectivity index (χ0n) is 34.4. The van der Waals surface area contributed by atoms with E-state index in [9.17, 15) is 0 Å². The third-order valence-electron chi connectivity index (χ3n) is 12.5. The van der Waals surface area contributed by atoms with Crippen molar-refractivity contribution in [2.45, 2.75) is 0 Å². The Hall–Kier alpha value is -8.74. The number of fused-ring (bicyclic) bond motifs is 9. The molecule has 64 heavy (non-hydrogen) atoms. The number of rotatable bonds is 6. The summed E-state index contributed by atoms with van der Waals surface area (Å²) in [7, 11) is 0. The highest BCUT2D eigenvalue weighted by Gasteiger charge is 2.19. The molecule has 4 heterocycles. The average molecular weight is 818 g/mol. The molecule has 0 amide bonds. The fourth-order valence-corrected chi connectivity index (χ4v) is 9.45. The van der Waals surface area contributed by atoms with E-state index in [1.54, 1.807) is 6.20 Å². The SMILES string of the molecule is c1ccc(-c2ccc3c4ccccc4n(-c4ccc(-c5cccc(-c6nc(-c7ccc8oc9ccncc9c8c7)nc(-c7cc8ccccc8c8ccccc78)n6)c5)cc4)c3c2)cc1. The van der Waals surface area contributed by atoms with Crippen LogP contribution < -0.4 is 0 Å². The standard InChI is InChI=1S/C58H35N5O/c1-2-11-36(12-3-1)39-23-27-48-47-19-8-9-20-52(47)63(53(48)34-39)43-25-21-37(22-26-43)38-14-10-15-41(31-38)56-60-57(42-24-28-54-49(33-42)51-35-59-30-29-55(51)64-54)62-58(61-56)50-32-40-13-4-5-16-44(40)45-17-6-7-18-46(45)50/h1-35H. The van der Waals surface area contributed by atoms with Gasteiger partial charge in [0.25, 0.3) is 0 Å². The fourth-order valence-electron chi connectivity index (χ4n) is 9.45. The average Bonchev–Trinajstić information content (AvgIpc) is 3.91. The fraction of sp³-hybridized carbons (Fsp3) is 0. The molecule has 0 aliphatic carbocycles. The number of para-hydroxylation sites is 1. The lowest BCUT2D eigenvalue weighted by Crippen LogP contribution is -2.01. The third kappa shape index (κ3) is 5.88. The summed E-state index contributed by atoms with van der Waals surface area (Å²) in [6, 6.07) is 70.6. The lowest BCUT2D eigenvalue weighted by molar-refractivity contribution is 0.668. The van der Waals surface area contributed by atoms with Gasteiger partial charge in [0.2, 0.25) is 0 Å². The van der Waals surface area contributed by atoms with Gasteiger partial charge < -0.3 is 8.98 Å². The van der Waals surface area contributed by atoms with Crippen LogP contribution in [0.15, 0.2) is 217 Å². The molecule has 0 unspecified atom stereocenters. The molecule has 9 aromatic carbocycles. The van der Waals surface area contributed by atoms with Crippen molar-refractivity contribution in [1.82, 2.24) is 24.5 Å². The monoisotopic (exact) mass is 817 g/mol. The highest BCUT2D eigenvalue weighted by molar-refractivity contribution is 6.14. The number of hydrogen-bond donors (Lipinski definition) is 0. The van der Waals surface area contributed by atoms with Gasteiger partial charge in [-0.05, 0) is 104 Å². The van der Waals surface area contributed by atoms with E-state index in [0.29, 0.717) is 17.5 Å². The van der Waals surface area contributed by atoms with Crippen molar-refractivity contribution in [3.8, 4) is 62.1 Å². The summed E-state index contributed by atoms with van der Waals surface area (Å²) in [6.07, 6.45) is 3.60. The van der Waals surface area contributed by atoms with Crippen LogP contribution >= 0.6 is 0 Å². The molecular formula is C58H35N5O. The Kier molecular flexibility index (Phi) is 8.11. The van der Waals surface area contributed by atoms with Crippen LogP contribution in [0.1, 0.15) is 0 Å². The van der Waals surface area contributed by atoms with Crippen molar-refractivity contribution in [3.63, 3.8) is 0 Å². The van der Waals surface area contributed by atoms with Crippen LogP contribution in [0, 0.1) is 0 Å². The molecule has 0 aliphatic heterocycles. The topological polar surface area (TPSA) is 69.6 Å². The van der Waals surface area contributed by atoms with Gasteiger partial charge >= 0.3 is 0 Å². The zero-order chi connectivity index (χ0) is 42.1. The number of benzene rings is 9. The summed E-state index contributed by atoms with van der Waals surface area (Å²) in [5.41, 5.74) is 12.3. The second-order valence-electron chi connectivity index (χ2n) is 16.3. The molecular weight excluding hydrogens is 783 g/mol. The summed E-state index contributed by atoms with van der Waals surface area (Å²) in [5.74, 6) is 1.78. The maximum absolute atomic E-state index is 6.17. The Morgan fingerprint density at radius 1 is 0.344 bits per heavy atom. The molecule has 0 spiro atoms. The quantitative estimate of drug-likeness (QED) is 0.156. The van der Waals surface area contributed by atoms with Gasteiger partial charge in [-0.1, -0.05) is 140 Å². The van der Waals surface area contributed by atoms with Crippen molar-refractivity contribution in [1.29, 1.82) is 0 Å². The van der Waals surface area contributed by atoms with Gasteiger partial charge in [-0.3, -0.25) is 4.98 Å². The summed E-state index contributed by atoms with van der Waals surface area (Å²) in [5, 5.41) is 8.93. The second-order valence-corrected chi connectivity index (χ2v) is 16.3. The molecule has 0 radical (unpaired) electrons. The molecule has 13 aromatic rings. The van der Waals surface area contributed by atoms with Crippen molar-refractivity contribution in [2.24, 2.45) is 0 Å². The predicted octanol–water partition coefficient (Wildman–Crippen LogP) is 14.9. The summed E-state index contributed by atoms with van der Waals surface area (Å²) >= 11 is 0. The Morgan fingerprint density at radius 2 is 0.953 bits per heavy atom. The largest absolute Gasteiger partial charge is 0.456 e. The van der Waals surface area contributed by atoms with Gasteiger partial charge in [0.1, 0.15) is 11.2 Å². The summed E-state index contributed by atoms with van der Waals surface area (Å²) < 4.78 is 8.54. The molecule has 6 nitrogen and oxygen atoms in total. The van der Waals surface area contributed by atoms with E-state index >= 15 is 0 Å². The van der Waals surface area contributed by atoms with Crippen LogP contribution in [0.2, 0.25) is 0 Å². The van der Waals surface area contributed by atoms with Crippen LogP contribution in [0.4, 0.5) is 0 Å². The van der Waals surface area contributed by atoms with Gasteiger partial charge in [-0.15, -0.1) is 0 Å². The molecule has 0 aliphatic rings. The molecule has 0 N–H and O–H groups in total. The minimum Gasteiger partial charge on any atom is -0.456 e. The molecule has 0 fully saturated rings. The highest BCUT2D eigenvalue weighted by atomic mass is 16.3. The Morgan fingerprint density at radius 3 is 1.81 bits per heavy atom. The van der Waals surface area contributed by atoms with Crippen LogP contribution in [0.3, 0.4) is 0 Å². The van der Waals surface area contributed by atoms with E-state index < -0.39 is 0 Å². The van der Waals surface area contributed by atoms with E-state index in [1.165, 1.54) is 38.3 Å². The van der Waals surface area contributed by atoms with E-state index in [4.69, 9.17) is 19.4 Å². The van der Waals surface area contributed by atoms with Crippen LogP contribution in [-0.2, 0) is 0 Å². The lowest BCUT2D eigenvalue weighted by Gasteiger charge is -2.13. The van der Waals surface area contributed by atoms with Gasteiger partial charge in [0.05, 0.1) is 11.0 Å². The van der Waals surface area contributed by atoms with Gasteiger partial charge in [-0.2, -0.15) is 0 Å². The number of hydrogen-bond acceptors (Lipinski definition) is 5. The molecule has 0 bridgehead atoms. The van der Waals surface area contributed by atoms with Crippen molar-refractivity contribution >= 4 is 65.3 Å². The minimum absolute atomic E-state index is 0.578. The van der Waals surface area contributed by atoms with E-state index in [-0.39, 0.29) is 0 Å². The first-order chi connectivity index (χ1) is 31.7. The molecule has 298 valence electrons. The van der Waals surface area contributed by atoms with Crippen molar-refractivity contribution in [2.75, 3.05) is 0 Å². The second kappa shape index (κ2) is 14.4. The van der Waals surface area contributed by atoms with Crippen LogP contribution in [-0.4, -0.2) is 24.5 Å². The zero-order valence-corrected chi connectivity index (χ0v) is 34.4. The van der Waals surface area contributed by atoms with Crippen LogP contribution in [0.25, 0.3) is 127 Å². The summed E-state index contributed by atoms with van der Waals surface area (Å²) in [4.78, 5) is 20.1. The van der Waals surface area contributed by atoms with Crippen molar-refractivity contribution < 1.29 is 4.42 Å². The number of furan rings is 1.